The third-order valence-electron chi connectivity index (χ3n) is 2.36. The molecule has 2 N–H and O–H groups in total. The Bertz CT molecular complexity index is 546. The second-order valence-electron chi connectivity index (χ2n) is 3.62. The fourth-order valence-electron chi connectivity index (χ4n) is 1.47. The van der Waals surface area contributed by atoms with Crippen LogP contribution < -0.4 is 5.32 Å². The lowest BCUT2D eigenvalue weighted by Crippen LogP contribution is -1.99. The highest BCUT2D eigenvalue weighted by atomic mass is 32.1. The highest BCUT2D eigenvalue weighted by molar-refractivity contribution is 7.19. The normalized spacial score (nSPS) is 10.2. The topological polar surface area (TPSA) is 62.2 Å². The minimum atomic E-state index is -1.00. The Balaban J connectivity index is 2.53. The molecule has 0 atom stereocenters. The van der Waals surface area contributed by atoms with Crippen LogP contribution in [-0.4, -0.2) is 23.1 Å². The smallest absolute Gasteiger partial charge is 0.356 e. The predicted molar refractivity (Wildman–Crippen MR) is 68.8 cm³/mol. The first kappa shape index (κ1) is 11.6. The van der Waals surface area contributed by atoms with E-state index in [0.29, 0.717) is 10.0 Å². The van der Waals surface area contributed by atoms with Crippen molar-refractivity contribution in [1.82, 2.24) is 4.98 Å². The Labute approximate surface area is 103 Å². The van der Waals surface area contributed by atoms with Crippen molar-refractivity contribution in [3.8, 4) is 10.4 Å². The van der Waals surface area contributed by atoms with E-state index in [0.717, 1.165) is 11.1 Å². The first-order chi connectivity index (χ1) is 8.11. The molecule has 0 fully saturated rings. The molecule has 0 aliphatic carbocycles. The second kappa shape index (κ2) is 4.55. The van der Waals surface area contributed by atoms with E-state index in [1.54, 1.807) is 7.05 Å². The summed E-state index contributed by atoms with van der Waals surface area (Å²) in [5.41, 5.74) is 2.12. The van der Waals surface area contributed by atoms with Crippen LogP contribution in [0.25, 0.3) is 10.4 Å². The number of benzene rings is 1. The van der Waals surface area contributed by atoms with Gasteiger partial charge >= 0.3 is 5.97 Å². The standard InChI is InChI=1S/C12H12N2O2S/c1-7-3-5-8(6-4-7)10-9(11(15)16)14-12(13-2)17-10/h3-6H,1-2H3,(H,13,14)(H,15,16). The monoisotopic (exact) mass is 248 g/mol. The number of nitrogens with one attached hydrogen (secondary N) is 1. The maximum Gasteiger partial charge on any atom is 0.356 e. The van der Waals surface area contributed by atoms with E-state index >= 15 is 0 Å². The lowest BCUT2D eigenvalue weighted by atomic mass is 10.1. The SMILES string of the molecule is CNc1nc(C(=O)O)c(-c2ccc(C)cc2)s1. The molecule has 0 unspecified atom stereocenters. The van der Waals surface area contributed by atoms with Gasteiger partial charge in [-0.15, -0.1) is 0 Å². The number of anilines is 1. The number of carbonyl (C=O) groups is 1. The largest absolute Gasteiger partial charge is 0.476 e. The first-order valence-corrected chi connectivity index (χ1v) is 5.92. The molecule has 1 aromatic heterocycles. The van der Waals surface area contributed by atoms with Crippen molar-refractivity contribution in [1.29, 1.82) is 0 Å². The first-order valence-electron chi connectivity index (χ1n) is 5.10. The number of nitrogens with zero attached hydrogens (tertiary/aromatic N) is 1. The number of carboxylic acids is 1. The lowest BCUT2D eigenvalue weighted by Gasteiger charge is -1.99. The maximum absolute atomic E-state index is 11.1. The second-order valence-corrected chi connectivity index (χ2v) is 4.62. The molecule has 1 aromatic carbocycles. The van der Waals surface area contributed by atoms with Crippen molar-refractivity contribution in [2.75, 3.05) is 12.4 Å². The molecule has 0 aliphatic heterocycles. The van der Waals surface area contributed by atoms with E-state index in [1.165, 1.54) is 11.3 Å². The molecule has 5 heteroatoms. The van der Waals surface area contributed by atoms with Gasteiger partial charge in [-0.25, -0.2) is 9.78 Å². The summed E-state index contributed by atoms with van der Waals surface area (Å²) >= 11 is 1.34. The molecule has 0 saturated heterocycles. The fourth-order valence-corrected chi connectivity index (χ4v) is 2.39. The summed E-state index contributed by atoms with van der Waals surface area (Å²) in [5, 5.41) is 12.6. The lowest BCUT2D eigenvalue weighted by molar-refractivity contribution is 0.0692. The molecule has 0 bridgehead atoms. The van der Waals surface area contributed by atoms with Crippen molar-refractivity contribution in [3.05, 3.63) is 35.5 Å². The molecular weight excluding hydrogens is 236 g/mol. The van der Waals surface area contributed by atoms with Gasteiger partial charge in [0.1, 0.15) is 0 Å². The van der Waals surface area contributed by atoms with Gasteiger partial charge in [0.2, 0.25) is 0 Å². The van der Waals surface area contributed by atoms with Crippen LogP contribution >= 0.6 is 11.3 Å². The average molecular weight is 248 g/mol. The molecule has 0 radical (unpaired) electrons. The van der Waals surface area contributed by atoms with E-state index in [9.17, 15) is 4.79 Å². The van der Waals surface area contributed by atoms with Crippen molar-refractivity contribution in [2.45, 2.75) is 6.92 Å². The summed E-state index contributed by atoms with van der Waals surface area (Å²) in [7, 11) is 1.73. The number of thiazole rings is 1. The van der Waals surface area contributed by atoms with Crippen LogP contribution in [0.3, 0.4) is 0 Å². The van der Waals surface area contributed by atoms with Crippen molar-refractivity contribution in [2.24, 2.45) is 0 Å². The van der Waals surface area contributed by atoms with Gasteiger partial charge in [-0.1, -0.05) is 41.2 Å². The number of aromatic carboxylic acids is 1. The average Bonchev–Trinajstić information content (AvgIpc) is 2.74. The van der Waals surface area contributed by atoms with Crippen LogP contribution in [0.4, 0.5) is 5.13 Å². The van der Waals surface area contributed by atoms with Gasteiger partial charge < -0.3 is 10.4 Å². The van der Waals surface area contributed by atoms with Crippen LogP contribution in [0.1, 0.15) is 16.1 Å². The molecule has 17 heavy (non-hydrogen) atoms. The molecular formula is C12H12N2O2S. The quantitative estimate of drug-likeness (QED) is 0.876. The van der Waals surface area contributed by atoms with Crippen molar-refractivity contribution in [3.63, 3.8) is 0 Å². The Morgan fingerprint density at radius 3 is 2.53 bits per heavy atom. The molecule has 88 valence electrons. The molecule has 2 aromatic rings. The minimum absolute atomic E-state index is 0.100. The molecule has 0 aliphatic rings. The zero-order chi connectivity index (χ0) is 12.4. The van der Waals surface area contributed by atoms with Crippen LogP contribution in [0.15, 0.2) is 24.3 Å². The van der Waals surface area contributed by atoms with Crippen LogP contribution in [0.5, 0.6) is 0 Å². The third-order valence-corrected chi connectivity index (χ3v) is 3.48. The van der Waals surface area contributed by atoms with E-state index in [-0.39, 0.29) is 5.69 Å². The van der Waals surface area contributed by atoms with Crippen LogP contribution in [-0.2, 0) is 0 Å². The van der Waals surface area contributed by atoms with E-state index in [2.05, 4.69) is 10.3 Å². The number of aromatic nitrogens is 1. The highest BCUT2D eigenvalue weighted by Crippen LogP contribution is 2.33. The molecule has 0 saturated carbocycles. The Morgan fingerprint density at radius 1 is 1.35 bits per heavy atom. The number of rotatable bonds is 3. The number of hydrogen-bond donors (Lipinski definition) is 2. The summed E-state index contributed by atoms with van der Waals surface area (Å²) in [6.07, 6.45) is 0. The minimum Gasteiger partial charge on any atom is -0.476 e. The molecule has 0 amide bonds. The van der Waals surface area contributed by atoms with E-state index in [1.807, 2.05) is 31.2 Å². The number of aryl methyl sites for hydroxylation is 1. The summed E-state index contributed by atoms with van der Waals surface area (Å²) in [6.45, 7) is 1.99. The van der Waals surface area contributed by atoms with Gasteiger partial charge in [-0.05, 0) is 12.5 Å². The van der Waals surface area contributed by atoms with Crippen molar-refractivity contribution < 1.29 is 9.90 Å². The van der Waals surface area contributed by atoms with Gasteiger partial charge in [0.25, 0.3) is 0 Å². The van der Waals surface area contributed by atoms with Crippen LogP contribution in [0, 0.1) is 6.92 Å². The molecule has 2 rings (SSSR count). The van der Waals surface area contributed by atoms with Crippen molar-refractivity contribution >= 4 is 22.4 Å². The molecule has 0 spiro atoms. The highest BCUT2D eigenvalue weighted by Gasteiger charge is 2.18. The van der Waals surface area contributed by atoms with Gasteiger partial charge in [-0.3, -0.25) is 0 Å². The summed E-state index contributed by atoms with van der Waals surface area (Å²) in [5.74, 6) is -1.00. The zero-order valence-corrected chi connectivity index (χ0v) is 10.3. The zero-order valence-electron chi connectivity index (χ0n) is 9.52. The Hall–Kier alpha value is -1.88. The van der Waals surface area contributed by atoms with Gasteiger partial charge in [-0.2, -0.15) is 0 Å². The maximum atomic E-state index is 11.1. The fraction of sp³-hybridized carbons (Fsp3) is 0.167. The molecule has 4 nitrogen and oxygen atoms in total. The van der Waals surface area contributed by atoms with E-state index < -0.39 is 5.97 Å². The van der Waals surface area contributed by atoms with Gasteiger partial charge in [0, 0.05) is 7.05 Å². The summed E-state index contributed by atoms with van der Waals surface area (Å²) < 4.78 is 0. The Morgan fingerprint density at radius 2 is 2.00 bits per heavy atom. The van der Waals surface area contributed by atoms with Gasteiger partial charge in [0.05, 0.1) is 4.88 Å². The Kier molecular flexibility index (Phi) is 3.10. The number of carboxylic acid groups (broad SMARTS) is 1. The van der Waals surface area contributed by atoms with Gasteiger partial charge in [0.15, 0.2) is 10.8 Å². The predicted octanol–water partition coefficient (Wildman–Crippen LogP) is 2.86. The third kappa shape index (κ3) is 2.29. The summed E-state index contributed by atoms with van der Waals surface area (Å²) in [4.78, 5) is 15.8. The van der Waals surface area contributed by atoms with E-state index in [4.69, 9.17) is 5.11 Å². The number of hydrogen-bond acceptors (Lipinski definition) is 4. The molecule has 1 heterocycles. The summed E-state index contributed by atoms with van der Waals surface area (Å²) in [6, 6.07) is 7.74. The van der Waals surface area contributed by atoms with Crippen LogP contribution in [0.2, 0.25) is 0 Å².